The normalized spacial score (nSPS) is 11.6. The standard InChI is InChI=1S/C9H5F5O3/c10-7(11)6-4(8(15)16)2-1-3-5(6)17-9(12,13)14/h1-3,7H,(H,15,16). The second-order valence-electron chi connectivity index (χ2n) is 2.87. The fraction of sp³-hybridized carbons (Fsp3) is 0.222. The minimum Gasteiger partial charge on any atom is -0.478 e. The Bertz CT molecular complexity index is 427. The van der Waals surface area contributed by atoms with Crippen molar-refractivity contribution in [3.05, 3.63) is 29.3 Å². The van der Waals surface area contributed by atoms with E-state index < -0.39 is 35.6 Å². The molecule has 0 spiro atoms. The van der Waals surface area contributed by atoms with Crippen molar-refractivity contribution in [3.8, 4) is 5.75 Å². The van der Waals surface area contributed by atoms with Gasteiger partial charge in [-0.25, -0.2) is 13.6 Å². The van der Waals surface area contributed by atoms with Gasteiger partial charge in [-0.2, -0.15) is 0 Å². The van der Waals surface area contributed by atoms with Gasteiger partial charge >= 0.3 is 12.3 Å². The molecule has 0 saturated carbocycles. The molecule has 0 atom stereocenters. The minimum atomic E-state index is -5.17. The van der Waals surface area contributed by atoms with Crippen LogP contribution in [-0.4, -0.2) is 17.4 Å². The molecule has 1 aromatic carbocycles. The molecule has 0 aliphatic heterocycles. The van der Waals surface area contributed by atoms with E-state index in [1.807, 2.05) is 0 Å². The van der Waals surface area contributed by atoms with Gasteiger partial charge in [0.1, 0.15) is 5.75 Å². The van der Waals surface area contributed by atoms with Gasteiger partial charge in [0.15, 0.2) is 0 Å². The predicted octanol–water partition coefficient (Wildman–Crippen LogP) is 3.22. The lowest BCUT2D eigenvalue weighted by molar-refractivity contribution is -0.275. The molecule has 0 aliphatic rings. The average Bonchev–Trinajstić information content (AvgIpc) is 2.14. The smallest absolute Gasteiger partial charge is 0.478 e. The molecule has 0 heterocycles. The SMILES string of the molecule is O=C(O)c1cccc(OC(F)(F)F)c1C(F)F. The number of benzene rings is 1. The second-order valence-corrected chi connectivity index (χ2v) is 2.87. The summed E-state index contributed by atoms with van der Waals surface area (Å²) < 4.78 is 64.1. The van der Waals surface area contributed by atoms with Gasteiger partial charge in [-0.3, -0.25) is 0 Å². The molecule has 0 aliphatic carbocycles. The van der Waals surface area contributed by atoms with Crippen molar-refractivity contribution in [2.45, 2.75) is 12.8 Å². The number of halogens is 5. The lowest BCUT2D eigenvalue weighted by Gasteiger charge is -2.14. The zero-order valence-electron chi connectivity index (χ0n) is 7.96. The van der Waals surface area contributed by atoms with Crippen LogP contribution in [0.5, 0.6) is 5.75 Å². The highest BCUT2D eigenvalue weighted by Crippen LogP contribution is 2.35. The Hall–Kier alpha value is -1.86. The summed E-state index contributed by atoms with van der Waals surface area (Å²) in [7, 11) is 0. The molecule has 17 heavy (non-hydrogen) atoms. The Morgan fingerprint density at radius 2 is 1.88 bits per heavy atom. The van der Waals surface area contributed by atoms with Crippen molar-refractivity contribution < 1.29 is 36.6 Å². The van der Waals surface area contributed by atoms with E-state index in [1.165, 1.54) is 0 Å². The van der Waals surface area contributed by atoms with E-state index in [-0.39, 0.29) is 0 Å². The zero-order chi connectivity index (χ0) is 13.2. The number of carboxylic acid groups (broad SMARTS) is 1. The van der Waals surface area contributed by atoms with Crippen LogP contribution in [0.25, 0.3) is 0 Å². The first-order valence-electron chi connectivity index (χ1n) is 4.12. The molecule has 1 aromatic rings. The van der Waals surface area contributed by atoms with Gasteiger partial charge in [-0.05, 0) is 12.1 Å². The van der Waals surface area contributed by atoms with E-state index in [4.69, 9.17) is 5.11 Å². The van der Waals surface area contributed by atoms with Crippen LogP contribution < -0.4 is 4.74 Å². The molecule has 1 rings (SSSR count). The van der Waals surface area contributed by atoms with E-state index in [0.717, 1.165) is 12.1 Å². The second kappa shape index (κ2) is 4.56. The fourth-order valence-corrected chi connectivity index (χ4v) is 1.17. The zero-order valence-corrected chi connectivity index (χ0v) is 7.96. The first-order valence-corrected chi connectivity index (χ1v) is 4.12. The van der Waals surface area contributed by atoms with Gasteiger partial charge in [0.05, 0.1) is 11.1 Å². The first-order chi connectivity index (χ1) is 7.72. The molecular formula is C9H5F5O3. The molecule has 3 nitrogen and oxygen atoms in total. The van der Waals surface area contributed by atoms with Crippen LogP contribution in [0.2, 0.25) is 0 Å². The van der Waals surface area contributed by atoms with Gasteiger partial charge in [-0.15, -0.1) is 13.2 Å². The number of hydrogen-bond donors (Lipinski definition) is 1. The number of carbonyl (C=O) groups is 1. The van der Waals surface area contributed by atoms with Gasteiger partial charge < -0.3 is 9.84 Å². The van der Waals surface area contributed by atoms with Crippen molar-refractivity contribution in [2.75, 3.05) is 0 Å². The van der Waals surface area contributed by atoms with E-state index in [9.17, 15) is 26.7 Å². The summed E-state index contributed by atoms with van der Waals surface area (Å²) in [6, 6.07) is 2.28. The summed E-state index contributed by atoms with van der Waals surface area (Å²) in [5, 5.41) is 8.57. The largest absolute Gasteiger partial charge is 0.573 e. The van der Waals surface area contributed by atoms with Gasteiger partial charge in [-0.1, -0.05) is 6.07 Å². The van der Waals surface area contributed by atoms with Crippen molar-refractivity contribution in [1.29, 1.82) is 0 Å². The van der Waals surface area contributed by atoms with Crippen molar-refractivity contribution in [2.24, 2.45) is 0 Å². The maximum absolute atomic E-state index is 12.5. The molecule has 0 unspecified atom stereocenters. The van der Waals surface area contributed by atoms with Crippen LogP contribution in [0.3, 0.4) is 0 Å². The topological polar surface area (TPSA) is 46.5 Å². The van der Waals surface area contributed by atoms with E-state index in [0.29, 0.717) is 6.07 Å². The molecule has 0 amide bonds. The summed E-state index contributed by atoms with van der Waals surface area (Å²) in [6.07, 6.45) is -8.56. The molecule has 0 radical (unpaired) electrons. The molecule has 8 heteroatoms. The van der Waals surface area contributed by atoms with Gasteiger partial charge in [0.25, 0.3) is 6.43 Å². The summed E-state index contributed by atoms with van der Waals surface area (Å²) in [5.41, 5.74) is -2.22. The summed E-state index contributed by atoms with van der Waals surface area (Å²) in [6.45, 7) is 0. The van der Waals surface area contributed by atoms with Crippen LogP contribution in [-0.2, 0) is 0 Å². The molecule has 0 aromatic heterocycles. The first kappa shape index (κ1) is 13.2. The highest BCUT2D eigenvalue weighted by atomic mass is 19.4. The molecule has 94 valence electrons. The lowest BCUT2D eigenvalue weighted by atomic mass is 10.1. The monoisotopic (exact) mass is 256 g/mol. The third-order valence-corrected chi connectivity index (χ3v) is 1.74. The average molecular weight is 256 g/mol. The lowest BCUT2D eigenvalue weighted by Crippen LogP contribution is -2.19. The quantitative estimate of drug-likeness (QED) is 0.844. The van der Waals surface area contributed by atoms with Crippen LogP contribution in [0, 0.1) is 0 Å². The van der Waals surface area contributed by atoms with Crippen molar-refractivity contribution in [1.82, 2.24) is 0 Å². The predicted molar refractivity (Wildman–Crippen MR) is 45.0 cm³/mol. The maximum atomic E-state index is 12.5. The highest BCUT2D eigenvalue weighted by Gasteiger charge is 2.34. The number of carboxylic acids is 1. The third kappa shape index (κ3) is 3.30. The Morgan fingerprint density at radius 1 is 1.29 bits per heavy atom. The maximum Gasteiger partial charge on any atom is 0.573 e. The van der Waals surface area contributed by atoms with Crippen molar-refractivity contribution >= 4 is 5.97 Å². The third-order valence-electron chi connectivity index (χ3n) is 1.74. The van der Waals surface area contributed by atoms with Crippen molar-refractivity contribution in [3.63, 3.8) is 0 Å². The minimum absolute atomic E-state index is 0.626. The Kier molecular flexibility index (Phi) is 3.54. The molecule has 0 saturated heterocycles. The van der Waals surface area contributed by atoms with E-state index in [2.05, 4.69) is 4.74 Å². The van der Waals surface area contributed by atoms with E-state index in [1.54, 1.807) is 0 Å². The summed E-state index contributed by atoms with van der Waals surface area (Å²) in [4.78, 5) is 10.6. The van der Waals surface area contributed by atoms with Crippen LogP contribution in [0.1, 0.15) is 22.3 Å². The molecule has 0 fully saturated rings. The van der Waals surface area contributed by atoms with E-state index >= 15 is 0 Å². The summed E-state index contributed by atoms with van der Waals surface area (Å²) >= 11 is 0. The Balaban J connectivity index is 3.30. The molecule has 0 bridgehead atoms. The summed E-state index contributed by atoms with van der Waals surface area (Å²) in [5.74, 6) is -2.97. The van der Waals surface area contributed by atoms with Crippen LogP contribution >= 0.6 is 0 Å². The Labute approximate surface area is 91.4 Å². The molecule has 1 N–H and O–H groups in total. The number of rotatable bonds is 3. The number of alkyl halides is 5. The Morgan fingerprint density at radius 3 is 2.29 bits per heavy atom. The van der Waals surface area contributed by atoms with Gasteiger partial charge in [0, 0.05) is 0 Å². The number of ether oxygens (including phenoxy) is 1. The fourth-order valence-electron chi connectivity index (χ4n) is 1.17. The number of aromatic carboxylic acids is 1. The van der Waals surface area contributed by atoms with Gasteiger partial charge in [0.2, 0.25) is 0 Å². The molecular weight excluding hydrogens is 251 g/mol. The highest BCUT2D eigenvalue weighted by molar-refractivity contribution is 5.90. The number of hydrogen-bond acceptors (Lipinski definition) is 2. The van der Waals surface area contributed by atoms with Crippen LogP contribution in [0.4, 0.5) is 22.0 Å². The van der Waals surface area contributed by atoms with Crippen LogP contribution in [0.15, 0.2) is 18.2 Å².